The Labute approximate surface area is 179 Å². The van der Waals surface area contributed by atoms with Crippen LogP contribution in [0.1, 0.15) is 16.3 Å². The average Bonchev–Trinajstić information content (AvgIpc) is 3.44. The molecule has 0 radical (unpaired) electrons. The predicted molar refractivity (Wildman–Crippen MR) is 115 cm³/mol. The molecule has 0 unspecified atom stereocenters. The van der Waals surface area contributed by atoms with E-state index in [2.05, 4.69) is 31.4 Å². The number of rotatable bonds is 5. The predicted octanol–water partition coefficient (Wildman–Crippen LogP) is 2.50. The molecule has 2 aromatic heterocycles. The Hall–Kier alpha value is -2.55. The van der Waals surface area contributed by atoms with Gasteiger partial charge in [-0.1, -0.05) is 35.5 Å². The zero-order valence-electron chi connectivity index (χ0n) is 16.9. The average molecular weight is 424 g/mol. The molecule has 2 aliphatic rings. The van der Waals surface area contributed by atoms with E-state index in [-0.39, 0.29) is 5.91 Å². The third kappa shape index (κ3) is 4.30. The number of aromatic nitrogens is 2. The molecule has 3 aromatic rings. The molecule has 0 bridgehead atoms. The van der Waals surface area contributed by atoms with Crippen LogP contribution in [0.2, 0.25) is 0 Å². The Morgan fingerprint density at radius 1 is 1.03 bits per heavy atom. The summed E-state index contributed by atoms with van der Waals surface area (Å²) in [6.07, 6.45) is 0.988. The van der Waals surface area contributed by atoms with Gasteiger partial charge in [0, 0.05) is 49.7 Å². The lowest BCUT2D eigenvalue weighted by Gasteiger charge is -2.35. The van der Waals surface area contributed by atoms with Crippen LogP contribution in [0, 0.1) is 0 Å². The van der Waals surface area contributed by atoms with E-state index in [1.165, 1.54) is 10.4 Å². The largest absolute Gasteiger partial charge is 0.338 e. The Bertz CT molecular complexity index is 994. The number of carbonyl (C=O) groups excluding carboxylic acids is 1. The first-order valence-electron chi connectivity index (χ1n) is 10.4. The number of nitrogens with zero attached hydrogens (tertiary/aromatic N) is 5. The fraction of sp³-hybridized carbons (Fsp3) is 0.409. The summed E-state index contributed by atoms with van der Waals surface area (Å²) in [5, 5.41) is 6.23. The summed E-state index contributed by atoms with van der Waals surface area (Å²) in [4.78, 5) is 25.3. The molecule has 8 heteroatoms. The van der Waals surface area contributed by atoms with Crippen LogP contribution in [-0.4, -0.2) is 70.0 Å². The van der Waals surface area contributed by atoms with E-state index in [0.717, 1.165) is 51.3 Å². The fourth-order valence-corrected chi connectivity index (χ4v) is 4.96. The first-order valence-corrected chi connectivity index (χ1v) is 11.3. The van der Waals surface area contributed by atoms with Crippen LogP contribution in [0.3, 0.4) is 0 Å². The maximum atomic E-state index is 12.7. The first-order chi connectivity index (χ1) is 14.7. The van der Waals surface area contributed by atoms with Crippen molar-refractivity contribution < 1.29 is 9.32 Å². The second-order valence-corrected chi connectivity index (χ2v) is 8.87. The molecule has 0 aliphatic carbocycles. The van der Waals surface area contributed by atoms with Crippen molar-refractivity contribution >= 4 is 17.2 Å². The Balaban J connectivity index is 1.09. The van der Waals surface area contributed by atoms with Crippen LogP contribution in [0.5, 0.6) is 0 Å². The maximum Gasteiger partial charge on any atom is 0.241 e. The van der Waals surface area contributed by atoms with Gasteiger partial charge in [-0.3, -0.25) is 14.6 Å². The molecule has 0 atom stereocenters. The second kappa shape index (κ2) is 8.67. The van der Waals surface area contributed by atoms with E-state index < -0.39 is 0 Å². The lowest BCUT2D eigenvalue weighted by molar-refractivity contribution is -0.133. The number of fused-ring (bicyclic) bond motifs is 1. The normalized spacial score (nSPS) is 17.8. The third-order valence-electron chi connectivity index (χ3n) is 5.84. The van der Waals surface area contributed by atoms with Crippen LogP contribution in [0.15, 0.2) is 46.3 Å². The highest BCUT2D eigenvalue weighted by Gasteiger charge is 2.25. The van der Waals surface area contributed by atoms with Crippen molar-refractivity contribution in [3.05, 3.63) is 58.1 Å². The monoisotopic (exact) mass is 423 g/mol. The van der Waals surface area contributed by atoms with Crippen molar-refractivity contribution in [2.75, 3.05) is 39.3 Å². The summed E-state index contributed by atoms with van der Waals surface area (Å²) in [5.41, 5.74) is 2.28. The van der Waals surface area contributed by atoms with Gasteiger partial charge in [0.2, 0.25) is 17.6 Å². The van der Waals surface area contributed by atoms with Crippen molar-refractivity contribution in [3.63, 3.8) is 0 Å². The maximum absolute atomic E-state index is 12.7. The minimum Gasteiger partial charge on any atom is -0.338 e. The summed E-state index contributed by atoms with van der Waals surface area (Å²) in [6, 6.07) is 12.0. The lowest BCUT2D eigenvalue weighted by atomic mass is 10.1. The van der Waals surface area contributed by atoms with E-state index in [4.69, 9.17) is 4.52 Å². The number of benzene rings is 1. The molecule has 0 spiro atoms. The minimum atomic E-state index is 0.240. The van der Waals surface area contributed by atoms with Gasteiger partial charge in [-0.2, -0.15) is 4.98 Å². The first kappa shape index (κ1) is 19.4. The highest BCUT2D eigenvalue weighted by Crippen LogP contribution is 2.24. The number of piperazine rings is 1. The number of carbonyl (C=O) groups is 1. The summed E-state index contributed by atoms with van der Waals surface area (Å²) >= 11 is 1.80. The van der Waals surface area contributed by atoms with Gasteiger partial charge in [-0.05, 0) is 23.4 Å². The highest BCUT2D eigenvalue weighted by molar-refractivity contribution is 7.10. The fourth-order valence-electron chi connectivity index (χ4n) is 4.07. The van der Waals surface area contributed by atoms with Crippen LogP contribution in [0.4, 0.5) is 0 Å². The van der Waals surface area contributed by atoms with Gasteiger partial charge in [-0.25, -0.2) is 0 Å². The Morgan fingerprint density at radius 2 is 1.83 bits per heavy atom. The van der Waals surface area contributed by atoms with Crippen LogP contribution < -0.4 is 0 Å². The van der Waals surface area contributed by atoms with Crippen molar-refractivity contribution in [1.29, 1.82) is 0 Å². The standard InChI is InChI=1S/C22H25N5O2S/c28-21(27-8-6-19-18(14-27)7-13-30-19)16-26-11-9-25(10-12-26)15-20-23-22(24-29-20)17-4-2-1-3-5-17/h1-5,7,13H,6,8-12,14-16H2. The van der Waals surface area contributed by atoms with Gasteiger partial charge in [0.15, 0.2) is 0 Å². The van der Waals surface area contributed by atoms with E-state index in [0.29, 0.717) is 24.8 Å². The molecule has 1 saturated heterocycles. The van der Waals surface area contributed by atoms with Crippen LogP contribution in [0.25, 0.3) is 11.4 Å². The zero-order valence-corrected chi connectivity index (χ0v) is 17.7. The molecular formula is C22H25N5O2S. The van der Waals surface area contributed by atoms with Crippen molar-refractivity contribution in [1.82, 2.24) is 24.8 Å². The number of amides is 1. The molecule has 5 rings (SSSR count). The molecule has 0 N–H and O–H groups in total. The van der Waals surface area contributed by atoms with E-state index >= 15 is 0 Å². The third-order valence-corrected chi connectivity index (χ3v) is 6.87. The molecule has 1 aromatic carbocycles. The van der Waals surface area contributed by atoms with Gasteiger partial charge >= 0.3 is 0 Å². The van der Waals surface area contributed by atoms with Crippen LogP contribution in [-0.2, 0) is 24.3 Å². The molecule has 1 amide bonds. The molecule has 0 saturated carbocycles. The van der Waals surface area contributed by atoms with Gasteiger partial charge in [0.1, 0.15) is 0 Å². The van der Waals surface area contributed by atoms with E-state index in [9.17, 15) is 4.79 Å². The van der Waals surface area contributed by atoms with Gasteiger partial charge < -0.3 is 9.42 Å². The number of hydrogen-bond donors (Lipinski definition) is 0. The molecule has 4 heterocycles. The summed E-state index contributed by atoms with van der Waals surface area (Å²) < 4.78 is 5.44. The van der Waals surface area contributed by atoms with Crippen LogP contribution >= 0.6 is 11.3 Å². The Kier molecular flexibility index (Phi) is 5.61. The topological polar surface area (TPSA) is 65.7 Å². The molecule has 7 nitrogen and oxygen atoms in total. The van der Waals surface area contributed by atoms with Gasteiger partial charge in [0.05, 0.1) is 13.1 Å². The number of thiophene rings is 1. The van der Waals surface area contributed by atoms with Gasteiger partial charge in [0.25, 0.3) is 0 Å². The van der Waals surface area contributed by atoms with Crippen molar-refractivity contribution in [2.45, 2.75) is 19.5 Å². The molecule has 30 heavy (non-hydrogen) atoms. The quantitative estimate of drug-likeness (QED) is 0.628. The second-order valence-electron chi connectivity index (χ2n) is 7.86. The lowest BCUT2D eigenvalue weighted by Crippen LogP contribution is -2.50. The van der Waals surface area contributed by atoms with Gasteiger partial charge in [-0.15, -0.1) is 11.3 Å². The summed E-state index contributed by atoms with van der Waals surface area (Å²) in [7, 11) is 0. The summed E-state index contributed by atoms with van der Waals surface area (Å²) in [5.74, 6) is 1.51. The molecule has 156 valence electrons. The van der Waals surface area contributed by atoms with Crippen molar-refractivity contribution in [2.24, 2.45) is 0 Å². The van der Waals surface area contributed by atoms with E-state index in [1.807, 2.05) is 35.2 Å². The highest BCUT2D eigenvalue weighted by atomic mass is 32.1. The molecular weight excluding hydrogens is 398 g/mol. The zero-order chi connectivity index (χ0) is 20.3. The minimum absolute atomic E-state index is 0.240. The smallest absolute Gasteiger partial charge is 0.241 e. The van der Waals surface area contributed by atoms with E-state index in [1.54, 1.807) is 11.3 Å². The SMILES string of the molecule is O=C(CN1CCN(Cc2nc(-c3ccccc3)no2)CC1)N1CCc2sccc2C1. The van der Waals surface area contributed by atoms with Crippen molar-refractivity contribution in [3.8, 4) is 11.4 Å². The molecule has 1 fully saturated rings. The number of hydrogen-bond acceptors (Lipinski definition) is 7. The summed E-state index contributed by atoms with van der Waals surface area (Å²) in [6.45, 7) is 6.30. The molecule has 2 aliphatic heterocycles. The Morgan fingerprint density at radius 3 is 2.67 bits per heavy atom.